The normalized spacial score (nSPS) is 10.6. The van der Waals surface area contributed by atoms with Crippen molar-refractivity contribution < 1.29 is 9.13 Å². The van der Waals surface area contributed by atoms with E-state index in [1.54, 1.807) is 0 Å². The van der Waals surface area contributed by atoms with Crippen molar-refractivity contribution in [1.29, 1.82) is 0 Å². The highest BCUT2D eigenvalue weighted by atomic mass is 19.1. The van der Waals surface area contributed by atoms with Gasteiger partial charge in [-0.15, -0.1) is 0 Å². The molecule has 0 bridgehead atoms. The molecule has 0 radical (unpaired) electrons. The topological polar surface area (TPSA) is 21.3 Å². The molecule has 0 aliphatic rings. The summed E-state index contributed by atoms with van der Waals surface area (Å²) >= 11 is 0. The summed E-state index contributed by atoms with van der Waals surface area (Å²) in [6.07, 6.45) is 1.09. The van der Waals surface area contributed by atoms with Crippen LogP contribution in [0.2, 0.25) is 0 Å². The molecule has 0 aliphatic carbocycles. The first-order valence-corrected chi connectivity index (χ1v) is 7.36. The van der Waals surface area contributed by atoms with Crippen molar-refractivity contribution in [3.05, 3.63) is 65.0 Å². The minimum Gasteiger partial charge on any atom is -0.489 e. The van der Waals surface area contributed by atoms with Gasteiger partial charge in [0.1, 0.15) is 18.2 Å². The lowest BCUT2D eigenvalue weighted by Gasteiger charge is -2.10. The molecule has 0 amide bonds. The van der Waals surface area contributed by atoms with Crippen molar-refractivity contribution in [1.82, 2.24) is 5.32 Å². The Kier molecular flexibility index (Phi) is 5.76. The number of ether oxygens (including phenoxy) is 1. The van der Waals surface area contributed by atoms with Crippen LogP contribution in [0.3, 0.4) is 0 Å². The fraction of sp³-hybridized carbons (Fsp3) is 0.333. The SMILES string of the molecule is CCCNCc1ccc(F)c(COc2ccc(C)cc2)c1. The van der Waals surface area contributed by atoms with Crippen LogP contribution in [0.4, 0.5) is 4.39 Å². The predicted octanol–water partition coefficient (Wildman–Crippen LogP) is 4.21. The molecule has 0 heterocycles. The summed E-state index contributed by atoms with van der Waals surface area (Å²) < 4.78 is 19.5. The molecule has 0 atom stereocenters. The molecule has 0 saturated heterocycles. The fourth-order valence-corrected chi connectivity index (χ4v) is 2.05. The van der Waals surface area contributed by atoms with Crippen LogP contribution < -0.4 is 10.1 Å². The van der Waals surface area contributed by atoms with E-state index in [4.69, 9.17) is 4.74 Å². The maximum absolute atomic E-state index is 13.8. The Labute approximate surface area is 126 Å². The molecule has 0 aromatic heterocycles. The summed E-state index contributed by atoms with van der Waals surface area (Å²) in [5, 5.41) is 3.31. The van der Waals surface area contributed by atoms with Crippen molar-refractivity contribution in [2.45, 2.75) is 33.4 Å². The number of nitrogens with one attached hydrogen (secondary N) is 1. The minimum absolute atomic E-state index is 0.221. The summed E-state index contributed by atoms with van der Waals surface area (Å²) in [5.41, 5.74) is 2.84. The van der Waals surface area contributed by atoms with Crippen LogP contribution in [0, 0.1) is 12.7 Å². The summed E-state index contributed by atoms with van der Waals surface area (Å²) in [6, 6.07) is 13.0. The zero-order valence-corrected chi connectivity index (χ0v) is 12.7. The quantitative estimate of drug-likeness (QED) is 0.770. The number of halogens is 1. The molecular formula is C18H22FNO. The third kappa shape index (κ3) is 4.87. The Hall–Kier alpha value is -1.87. The Morgan fingerprint density at radius 2 is 1.86 bits per heavy atom. The number of aryl methyl sites for hydroxylation is 1. The highest BCUT2D eigenvalue weighted by Crippen LogP contribution is 2.16. The third-order valence-corrected chi connectivity index (χ3v) is 3.28. The lowest BCUT2D eigenvalue weighted by Crippen LogP contribution is -2.14. The predicted molar refractivity (Wildman–Crippen MR) is 83.9 cm³/mol. The minimum atomic E-state index is -0.221. The van der Waals surface area contributed by atoms with E-state index >= 15 is 0 Å². The van der Waals surface area contributed by atoms with E-state index in [2.05, 4.69) is 12.2 Å². The second kappa shape index (κ2) is 7.79. The second-order valence-corrected chi connectivity index (χ2v) is 5.20. The van der Waals surface area contributed by atoms with Crippen molar-refractivity contribution in [3.8, 4) is 5.75 Å². The van der Waals surface area contributed by atoms with Gasteiger partial charge in [-0.1, -0.05) is 30.7 Å². The summed E-state index contributed by atoms with van der Waals surface area (Å²) in [5.74, 6) is 0.538. The first-order chi connectivity index (χ1) is 10.2. The number of hydrogen-bond acceptors (Lipinski definition) is 2. The summed E-state index contributed by atoms with van der Waals surface area (Å²) in [6.45, 7) is 6.11. The Morgan fingerprint density at radius 1 is 1.10 bits per heavy atom. The van der Waals surface area contributed by atoms with Crippen molar-refractivity contribution in [2.75, 3.05) is 6.54 Å². The molecule has 3 heteroatoms. The highest BCUT2D eigenvalue weighted by molar-refractivity contribution is 5.28. The van der Waals surface area contributed by atoms with E-state index < -0.39 is 0 Å². The van der Waals surface area contributed by atoms with Crippen LogP contribution in [-0.4, -0.2) is 6.54 Å². The molecule has 0 spiro atoms. The van der Waals surface area contributed by atoms with Gasteiger partial charge in [0.05, 0.1) is 0 Å². The standard InChI is InChI=1S/C18H22FNO/c1-3-10-20-12-15-6-9-18(19)16(11-15)13-21-17-7-4-14(2)5-8-17/h4-9,11,20H,3,10,12-13H2,1-2H3. The van der Waals surface area contributed by atoms with Gasteiger partial charge in [0.2, 0.25) is 0 Å². The van der Waals surface area contributed by atoms with Crippen LogP contribution in [-0.2, 0) is 13.2 Å². The van der Waals surface area contributed by atoms with Crippen LogP contribution in [0.25, 0.3) is 0 Å². The molecule has 0 fully saturated rings. The van der Waals surface area contributed by atoms with Gasteiger partial charge in [-0.25, -0.2) is 4.39 Å². The van der Waals surface area contributed by atoms with Crippen LogP contribution >= 0.6 is 0 Å². The van der Waals surface area contributed by atoms with E-state index in [-0.39, 0.29) is 12.4 Å². The first-order valence-electron chi connectivity index (χ1n) is 7.36. The summed E-state index contributed by atoms with van der Waals surface area (Å²) in [7, 11) is 0. The van der Waals surface area contributed by atoms with E-state index in [0.29, 0.717) is 5.56 Å². The molecule has 2 aromatic rings. The molecule has 2 nitrogen and oxygen atoms in total. The van der Waals surface area contributed by atoms with Gasteiger partial charge < -0.3 is 10.1 Å². The van der Waals surface area contributed by atoms with Gasteiger partial charge in [-0.3, -0.25) is 0 Å². The molecule has 21 heavy (non-hydrogen) atoms. The van der Waals surface area contributed by atoms with Crippen molar-refractivity contribution >= 4 is 0 Å². The van der Waals surface area contributed by atoms with Crippen LogP contribution in [0.15, 0.2) is 42.5 Å². The van der Waals surface area contributed by atoms with Gasteiger partial charge in [-0.05, 0) is 49.7 Å². The van der Waals surface area contributed by atoms with Crippen LogP contribution in [0.5, 0.6) is 5.75 Å². The molecule has 0 aliphatic heterocycles. The molecule has 2 aromatic carbocycles. The van der Waals surface area contributed by atoms with E-state index in [0.717, 1.165) is 30.8 Å². The third-order valence-electron chi connectivity index (χ3n) is 3.28. The average molecular weight is 287 g/mol. The lowest BCUT2D eigenvalue weighted by atomic mass is 10.1. The van der Waals surface area contributed by atoms with Gasteiger partial charge in [0, 0.05) is 12.1 Å². The van der Waals surface area contributed by atoms with Crippen LogP contribution in [0.1, 0.15) is 30.0 Å². The monoisotopic (exact) mass is 287 g/mol. The number of hydrogen-bond donors (Lipinski definition) is 1. The Bertz CT molecular complexity index is 566. The Morgan fingerprint density at radius 3 is 2.57 bits per heavy atom. The van der Waals surface area contributed by atoms with Gasteiger partial charge >= 0.3 is 0 Å². The molecule has 112 valence electrons. The molecule has 1 N–H and O–H groups in total. The van der Waals surface area contributed by atoms with Gasteiger partial charge in [-0.2, -0.15) is 0 Å². The number of rotatable bonds is 7. The van der Waals surface area contributed by atoms with E-state index in [1.807, 2.05) is 43.3 Å². The second-order valence-electron chi connectivity index (χ2n) is 5.20. The summed E-state index contributed by atoms with van der Waals surface area (Å²) in [4.78, 5) is 0. The maximum Gasteiger partial charge on any atom is 0.129 e. The van der Waals surface area contributed by atoms with Crippen molar-refractivity contribution in [2.24, 2.45) is 0 Å². The maximum atomic E-state index is 13.8. The van der Waals surface area contributed by atoms with Gasteiger partial charge in [0.25, 0.3) is 0 Å². The largest absolute Gasteiger partial charge is 0.489 e. The smallest absolute Gasteiger partial charge is 0.129 e. The molecular weight excluding hydrogens is 265 g/mol. The lowest BCUT2D eigenvalue weighted by molar-refractivity contribution is 0.299. The Balaban J connectivity index is 1.98. The zero-order chi connectivity index (χ0) is 15.1. The molecule has 0 unspecified atom stereocenters. The number of benzene rings is 2. The fourth-order valence-electron chi connectivity index (χ4n) is 2.05. The van der Waals surface area contributed by atoms with E-state index in [1.165, 1.54) is 11.6 Å². The van der Waals surface area contributed by atoms with Crippen molar-refractivity contribution in [3.63, 3.8) is 0 Å². The first kappa shape index (κ1) is 15.5. The zero-order valence-electron chi connectivity index (χ0n) is 12.7. The average Bonchev–Trinajstić information content (AvgIpc) is 2.49. The van der Waals surface area contributed by atoms with E-state index in [9.17, 15) is 4.39 Å². The molecule has 2 rings (SSSR count). The molecule has 0 saturated carbocycles. The van der Waals surface area contributed by atoms with Gasteiger partial charge in [0.15, 0.2) is 0 Å². The highest BCUT2D eigenvalue weighted by Gasteiger charge is 2.05.